The number of anilines is 4. The normalized spacial score (nSPS) is 13.5. The first-order valence-corrected chi connectivity index (χ1v) is 12.8. The van der Waals surface area contributed by atoms with Gasteiger partial charge in [0.1, 0.15) is 18.2 Å². The van der Waals surface area contributed by atoms with E-state index in [2.05, 4.69) is 46.7 Å². The van der Waals surface area contributed by atoms with Crippen LogP contribution in [0.15, 0.2) is 82.4 Å². The Labute approximate surface area is 227 Å². The number of aromatic nitrogens is 3. The summed E-state index contributed by atoms with van der Waals surface area (Å²) in [4.78, 5) is 15.7. The maximum Gasteiger partial charge on any atom is 0.250 e. The van der Waals surface area contributed by atoms with Crippen LogP contribution in [-0.2, 0) is 11.3 Å². The van der Waals surface area contributed by atoms with Crippen LogP contribution in [0.25, 0.3) is 0 Å². The molecule has 11 heteroatoms. The summed E-state index contributed by atoms with van der Waals surface area (Å²) in [6.45, 7) is 2.66. The first-order valence-electron chi connectivity index (χ1n) is 12.0. The van der Waals surface area contributed by atoms with Gasteiger partial charge in [-0.15, -0.1) is 0 Å². The Bertz CT molecular complexity index is 1400. The van der Waals surface area contributed by atoms with Gasteiger partial charge in [-0.2, -0.15) is 20.1 Å². The number of rotatable bonds is 9. The molecule has 194 valence electrons. The van der Waals surface area contributed by atoms with Crippen LogP contribution in [0.3, 0.4) is 0 Å². The molecular formula is C27H25BrFN7O2. The molecule has 0 unspecified atom stereocenters. The molecule has 1 aromatic heterocycles. The van der Waals surface area contributed by atoms with Crippen LogP contribution >= 0.6 is 15.9 Å². The van der Waals surface area contributed by atoms with Crippen molar-refractivity contribution in [1.82, 2.24) is 15.0 Å². The van der Waals surface area contributed by atoms with E-state index >= 15 is 0 Å². The second-order valence-corrected chi connectivity index (χ2v) is 9.22. The van der Waals surface area contributed by atoms with Gasteiger partial charge in [0.05, 0.1) is 19.4 Å². The fraction of sp³-hybridized carbons (Fsp3) is 0.185. The Morgan fingerprint density at radius 3 is 2.55 bits per heavy atom. The van der Waals surface area contributed by atoms with Gasteiger partial charge in [0.25, 0.3) is 0 Å². The zero-order chi connectivity index (χ0) is 26.2. The molecular weight excluding hydrogens is 553 g/mol. The third-order valence-electron chi connectivity index (χ3n) is 5.63. The van der Waals surface area contributed by atoms with E-state index in [0.717, 1.165) is 10.2 Å². The Morgan fingerprint density at radius 2 is 1.74 bits per heavy atom. The van der Waals surface area contributed by atoms with Gasteiger partial charge < -0.3 is 19.7 Å². The summed E-state index contributed by atoms with van der Waals surface area (Å²) < 4.78 is 26.2. The van der Waals surface area contributed by atoms with Crippen LogP contribution in [0.5, 0.6) is 5.75 Å². The van der Waals surface area contributed by atoms with Gasteiger partial charge in [0, 0.05) is 34.4 Å². The fourth-order valence-electron chi connectivity index (χ4n) is 3.71. The van der Waals surface area contributed by atoms with Gasteiger partial charge >= 0.3 is 0 Å². The second-order valence-electron chi connectivity index (χ2n) is 8.31. The lowest BCUT2D eigenvalue weighted by molar-refractivity contribution is 0.122. The van der Waals surface area contributed by atoms with Crippen molar-refractivity contribution in [2.75, 3.05) is 41.9 Å². The molecule has 5 rings (SSSR count). The predicted octanol–water partition coefficient (Wildman–Crippen LogP) is 5.38. The van der Waals surface area contributed by atoms with Gasteiger partial charge in [-0.05, 0) is 36.4 Å². The molecule has 9 nitrogen and oxygen atoms in total. The van der Waals surface area contributed by atoms with E-state index in [0.29, 0.717) is 55.1 Å². The number of hydrogen-bond acceptors (Lipinski definition) is 9. The third kappa shape index (κ3) is 6.81. The molecule has 0 saturated carbocycles. The summed E-state index contributed by atoms with van der Waals surface area (Å²) >= 11 is 3.48. The Balaban J connectivity index is 1.35. The van der Waals surface area contributed by atoms with Crippen molar-refractivity contribution in [3.8, 4) is 5.75 Å². The lowest BCUT2D eigenvalue weighted by atomic mass is 10.2. The number of benzene rings is 3. The monoisotopic (exact) mass is 577 g/mol. The summed E-state index contributed by atoms with van der Waals surface area (Å²) in [5.41, 5.74) is 4.92. The van der Waals surface area contributed by atoms with Crippen LogP contribution in [0.2, 0.25) is 0 Å². The molecule has 0 bridgehead atoms. The molecule has 2 N–H and O–H groups in total. The van der Waals surface area contributed by atoms with E-state index in [1.807, 2.05) is 47.4 Å². The van der Waals surface area contributed by atoms with E-state index in [-0.39, 0.29) is 18.4 Å². The number of nitrogens with zero attached hydrogens (tertiary/aromatic N) is 5. The minimum atomic E-state index is -0.313. The second kappa shape index (κ2) is 12.4. The van der Waals surface area contributed by atoms with Crippen molar-refractivity contribution in [3.05, 3.63) is 94.2 Å². The van der Waals surface area contributed by atoms with Crippen molar-refractivity contribution in [2.45, 2.75) is 6.61 Å². The molecule has 4 aromatic rings. The highest BCUT2D eigenvalue weighted by Gasteiger charge is 2.17. The molecule has 0 radical (unpaired) electrons. The Kier molecular flexibility index (Phi) is 8.36. The summed E-state index contributed by atoms with van der Waals surface area (Å²) in [6.07, 6.45) is 1.60. The molecule has 2 heterocycles. The van der Waals surface area contributed by atoms with Gasteiger partial charge in [-0.25, -0.2) is 9.82 Å². The van der Waals surface area contributed by atoms with E-state index in [1.165, 1.54) is 6.07 Å². The van der Waals surface area contributed by atoms with Crippen molar-refractivity contribution >= 4 is 45.7 Å². The number of ether oxygens (including phenoxy) is 2. The van der Waals surface area contributed by atoms with Crippen LogP contribution in [0, 0.1) is 5.82 Å². The maximum absolute atomic E-state index is 14.0. The van der Waals surface area contributed by atoms with E-state index in [4.69, 9.17) is 9.47 Å². The molecule has 38 heavy (non-hydrogen) atoms. The summed E-state index contributed by atoms with van der Waals surface area (Å²) in [6, 6.07) is 21.7. The fourth-order valence-corrected chi connectivity index (χ4v) is 4.09. The molecule has 1 fully saturated rings. The summed E-state index contributed by atoms with van der Waals surface area (Å²) in [7, 11) is 0. The summed E-state index contributed by atoms with van der Waals surface area (Å²) in [5.74, 6) is 1.43. The molecule has 0 amide bonds. The van der Waals surface area contributed by atoms with E-state index in [9.17, 15) is 4.39 Å². The highest BCUT2D eigenvalue weighted by Crippen LogP contribution is 2.24. The number of nitrogens with one attached hydrogen (secondary N) is 2. The molecule has 0 aliphatic carbocycles. The minimum Gasteiger partial charge on any atom is -0.488 e. The Morgan fingerprint density at radius 1 is 0.974 bits per heavy atom. The topological polar surface area (TPSA) is 96.8 Å². The van der Waals surface area contributed by atoms with Crippen molar-refractivity contribution in [1.29, 1.82) is 0 Å². The van der Waals surface area contributed by atoms with Crippen LogP contribution in [0.1, 0.15) is 11.1 Å². The zero-order valence-electron chi connectivity index (χ0n) is 20.3. The molecule has 0 atom stereocenters. The smallest absolute Gasteiger partial charge is 0.250 e. The molecule has 3 aromatic carbocycles. The summed E-state index contributed by atoms with van der Waals surface area (Å²) in [5, 5.41) is 7.56. The number of hydrogen-bond donors (Lipinski definition) is 2. The maximum atomic E-state index is 14.0. The first kappa shape index (κ1) is 25.6. The average molecular weight is 578 g/mol. The van der Waals surface area contributed by atoms with Gasteiger partial charge in [0.2, 0.25) is 17.8 Å². The van der Waals surface area contributed by atoms with Crippen molar-refractivity contribution < 1.29 is 13.9 Å². The van der Waals surface area contributed by atoms with Crippen LogP contribution in [-0.4, -0.2) is 47.5 Å². The SMILES string of the molecule is Fc1ccccc1COc1ccc(Br)cc1/C=N/Nc1nc(Nc2ccccc2)nc(N2CCOCC2)n1. The van der Waals surface area contributed by atoms with Crippen molar-refractivity contribution in [2.24, 2.45) is 5.10 Å². The highest BCUT2D eigenvalue weighted by atomic mass is 79.9. The Hall–Kier alpha value is -4.09. The molecule has 0 spiro atoms. The highest BCUT2D eigenvalue weighted by molar-refractivity contribution is 9.10. The van der Waals surface area contributed by atoms with Gasteiger partial charge in [-0.3, -0.25) is 0 Å². The van der Waals surface area contributed by atoms with Crippen LogP contribution in [0.4, 0.5) is 27.9 Å². The van der Waals surface area contributed by atoms with Crippen molar-refractivity contribution in [3.63, 3.8) is 0 Å². The average Bonchev–Trinajstić information content (AvgIpc) is 2.94. The number of para-hydroxylation sites is 1. The third-order valence-corrected chi connectivity index (χ3v) is 6.12. The number of hydrazone groups is 1. The quantitative estimate of drug-likeness (QED) is 0.202. The van der Waals surface area contributed by atoms with Gasteiger partial charge in [-0.1, -0.05) is 52.3 Å². The van der Waals surface area contributed by atoms with Gasteiger partial charge in [0.15, 0.2) is 0 Å². The van der Waals surface area contributed by atoms with E-state index in [1.54, 1.807) is 30.5 Å². The minimum absolute atomic E-state index is 0.0907. The molecule has 1 saturated heterocycles. The zero-order valence-corrected chi connectivity index (χ0v) is 21.9. The standard InChI is InChI=1S/C27H25BrFN7O2/c28-21-10-11-24(38-18-19-6-4-5-9-23(19)29)20(16-21)17-30-35-26-32-25(31-22-7-2-1-3-8-22)33-27(34-26)36-12-14-37-15-13-36/h1-11,16-17H,12-15,18H2,(H2,31,32,33,34,35)/b30-17+. The van der Waals surface area contributed by atoms with E-state index < -0.39 is 0 Å². The first-order chi connectivity index (χ1) is 18.6. The predicted molar refractivity (Wildman–Crippen MR) is 149 cm³/mol. The largest absolute Gasteiger partial charge is 0.488 e. The number of morpholine rings is 1. The number of halogens is 2. The lowest BCUT2D eigenvalue weighted by Gasteiger charge is -2.27. The molecule has 1 aliphatic heterocycles. The lowest BCUT2D eigenvalue weighted by Crippen LogP contribution is -2.37. The van der Waals surface area contributed by atoms with Crippen LogP contribution < -0.4 is 20.4 Å². The molecule has 1 aliphatic rings.